The highest BCUT2D eigenvalue weighted by molar-refractivity contribution is 7.10. The van der Waals surface area contributed by atoms with Gasteiger partial charge in [-0.05, 0) is 35.7 Å². The van der Waals surface area contributed by atoms with Crippen LogP contribution in [0.4, 0.5) is 0 Å². The van der Waals surface area contributed by atoms with Crippen molar-refractivity contribution in [1.82, 2.24) is 20.1 Å². The van der Waals surface area contributed by atoms with E-state index in [4.69, 9.17) is 4.42 Å². The quantitative estimate of drug-likeness (QED) is 0.507. The maximum Gasteiger partial charge on any atom is 0.266 e. The second-order valence-corrected chi connectivity index (χ2v) is 8.29. The number of hydrogen-bond acceptors (Lipinski definition) is 6. The van der Waals surface area contributed by atoms with E-state index in [1.54, 1.807) is 17.5 Å². The molecule has 1 atom stereocenters. The van der Waals surface area contributed by atoms with E-state index in [1.807, 2.05) is 52.7 Å². The Morgan fingerprint density at radius 3 is 3.00 bits per heavy atom. The summed E-state index contributed by atoms with van der Waals surface area (Å²) in [6.07, 6.45) is 4.09. The van der Waals surface area contributed by atoms with E-state index in [0.717, 1.165) is 35.0 Å². The Hall–Kier alpha value is -3.06. The van der Waals surface area contributed by atoms with Crippen LogP contribution in [0.3, 0.4) is 0 Å². The largest absolute Gasteiger partial charge is 0.419 e. The minimum Gasteiger partial charge on any atom is -0.419 e. The number of rotatable bonds is 4. The molecule has 29 heavy (non-hydrogen) atoms. The zero-order valence-corrected chi connectivity index (χ0v) is 16.6. The molecule has 146 valence electrons. The molecule has 5 rings (SSSR count). The van der Waals surface area contributed by atoms with Crippen molar-refractivity contribution >= 4 is 28.0 Å². The molecule has 4 heterocycles. The van der Waals surface area contributed by atoms with Crippen LogP contribution in [0.2, 0.25) is 0 Å². The third kappa shape index (κ3) is 3.65. The van der Waals surface area contributed by atoms with Crippen LogP contribution in [0.5, 0.6) is 0 Å². The monoisotopic (exact) mass is 404 g/mol. The number of carbonyl (C=O) groups is 1. The van der Waals surface area contributed by atoms with Crippen LogP contribution >= 0.6 is 11.3 Å². The molecular formula is C22H20N4O2S. The number of piperidine rings is 1. The van der Waals surface area contributed by atoms with Gasteiger partial charge >= 0.3 is 0 Å². The highest BCUT2D eigenvalue weighted by atomic mass is 32.1. The fourth-order valence-electron chi connectivity index (χ4n) is 3.86. The number of benzene rings is 1. The van der Waals surface area contributed by atoms with Crippen LogP contribution in [-0.4, -0.2) is 39.1 Å². The Balaban J connectivity index is 1.35. The van der Waals surface area contributed by atoms with Crippen LogP contribution < -0.4 is 0 Å². The summed E-state index contributed by atoms with van der Waals surface area (Å²) in [5, 5.41) is 12.6. The molecule has 0 radical (unpaired) electrons. The molecule has 3 aromatic heterocycles. The van der Waals surface area contributed by atoms with Crippen LogP contribution in [0.25, 0.3) is 22.4 Å². The summed E-state index contributed by atoms with van der Waals surface area (Å²) in [7, 11) is 0. The number of thiophene rings is 1. The molecule has 6 nitrogen and oxygen atoms in total. The first-order valence-electron chi connectivity index (χ1n) is 9.75. The van der Waals surface area contributed by atoms with E-state index < -0.39 is 0 Å². The number of likely N-dealkylation sites (tertiary alicyclic amines) is 1. The van der Waals surface area contributed by atoms with Gasteiger partial charge in [0.1, 0.15) is 5.69 Å². The number of amides is 1. The van der Waals surface area contributed by atoms with E-state index in [2.05, 4.69) is 15.2 Å². The van der Waals surface area contributed by atoms with Crippen molar-refractivity contribution in [3.05, 3.63) is 64.8 Å². The molecule has 1 aliphatic rings. The average molecular weight is 404 g/mol. The van der Waals surface area contributed by atoms with Crippen molar-refractivity contribution in [3.63, 3.8) is 0 Å². The van der Waals surface area contributed by atoms with Gasteiger partial charge in [0.15, 0.2) is 0 Å². The lowest BCUT2D eigenvalue weighted by Gasteiger charge is -2.31. The highest BCUT2D eigenvalue weighted by Crippen LogP contribution is 2.30. The summed E-state index contributed by atoms with van der Waals surface area (Å²) in [6.45, 7) is 1.40. The molecule has 4 aromatic rings. The molecule has 0 N–H and O–H groups in total. The molecule has 1 amide bonds. The lowest BCUT2D eigenvalue weighted by molar-refractivity contribution is -0.131. The number of pyridine rings is 1. The van der Waals surface area contributed by atoms with Gasteiger partial charge in [-0.2, -0.15) is 0 Å². The van der Waals surface area contributed by atoms with Crippen molar-refractivity contribution in [2.75, 3.05) is 13.1 Å². The first-order chi connectivity index (χ1) is 14.3. The molecule has 0 bridgehead atoms. The number of aromatic nitrogens is 3. The lowest BCUT2D eigenvalue weighted by Crippen LogP contribution is -2.39. The zero-order valence-electron chi connectivity index (χ0n) is 15.8. The van der Waals surface area contributed by atoms with E-state index >= 15 is 0 Å². The third-order valence-corrected chi connectivity index (χ3v) is 6.22. The van der Waals surface area contributed by atoms with Crippen LogP contribution in [0, 0.1) is 0 Å². The zero-order chi connectivity index (χ0) is 19.6. The third-order valence-electron chi connectivity index (χ3n) is 5.35. The molecular weight excluding hydrogens is 384 g/mol. The fourth-order valence-corrected chi connectivity index (χ4v) is 4.56. The summed E-state index contributed by atoms with van der Waals surface area (Å²) < 4.78 is 6.03. The topological polar surface area (TPSA) is 72.1 Å². The summed E-state index contributed by atoms with van der Waals surface area (Å²) in [4.78, 5) is 20.2. The van der Waals surface area contributed by atoms with Gasteiger partial charge < -0.3 is 9.32 Å². The van der Waals surface area contributed by atoms with E-state index in [-0.39, 0.29) is 11.8 Å². The molecule has 1 aromatic carbocycles. The van der Waals surface area contributed by atoms with Gasteiger partial charge in [0.05, 0.1) is 12.3 Å². The van der Waals surface area contributed by atoms with E-state index in [1.165, 1.54) is 0 Å². The Kier molecular flexibility index (Phi) is 4.81. The van der Waals surface area contributed by atoms with Crippen LogP contribution in [-0.2, 0) is 11.2 Å². The first kappa shape index (κ1) is 18.0. The second-order valence-electron chi connectivity index (χ2n) is 7.26. The minimum atomic E-state index is 0.0623. The maximum atomic E-state index is 12.7. The first-order valence-corrected chi connectivity index (χ1v) is 10.6. The lowest BCUT2D eigenvalue weighted by atomic mass is 9.97. The standard InChI is InChI=1S/C22H20N4O2S/c27-19(13-17-7-4-12-29-17)26-11-3-6-16(14-26)21-24-25-22(28-21)20-18-8-2-1-5-15(18)9-10-23-20/h1-2,4-5,7-10,12,16H,3,6,11,13-14H2. The summed E-state index contributed by atoms with van der Waals surface area (Å²) in [5.41, 5.74) is 0.697. The van der Waals surface area contributed by atoms with Crippen molar-refractivity contribution in [2.24, 2.45) is 0 Å². The molecule has 7 heteroatoms. The summed E-state index contributed by atoms with van der Waals surface area (Å²) >= 11 is 1.62. The van der Waals surface area contributed by atoms with Gasteiger partial charge in [-0.1, -0.05) is 30.3 Å². The number of fused-ring (bicyclic) bond motifs is 1. The normalized spacial score (nSPS) is 17.0. The fraction of sp³-hybridized carbons (Fsp3) is 0.273. The average Bonchev–Trinajstić information content (AvgIpc) is 3.46. The number of nitrogens with zero attached hydrogens (tertiary/aromatic N) is 4. The summed E-state index contributed by atoms with van der Waals surface area (Å²) in [5.74, 6) is 1.24. The van der Waals surface area contributed by atoms with Crippen molar-refractivity contribution < 1.29 is 9.21 Å². The predicted molar refractivity (Wildman–Crippen MR) is 112 cm³/mol. The molecule has 0 aliphatic carbocycles. The smallest absolute Gasteiger partial charge is 0.266 e. The van der Waals surface area contributed by atoms with Crippen molar-refractivity contribution in [2.45, 2.75) is 25.2 Å². The van der Waals surface area contributed by atoms with Gasteiger partial charge in [-0.3, -0.25) is 9.78 Å². The Morgan fingerprint density at radius 1 is 1.17 bits per heavy atom. The summed E-state index contributed by atoms with van der Waals surface area (Å²) in [6, 6.07) is 14.0. The van der Waals surface area contributed by atoms with Crippen molar-refractivity contribution in [3.8, 4) is 11.6 Å². The molecule has 0 spiro atoms. The van der Waals surface area contributed by atoms with Gasteiger partial charge in [0, 0.05) is 29.5 Å². The highest BCUT2D eigenvalue weighted by Gasteiger charge is 2.29. The maximum absolute atomic E-state index is 12.7. The number of hydrogen-bond donors (Lipinski definition) is 0. The second kappa shape index (κ2) is 7.75. The van der Waals surface area contributed by atoms with Crippen LogP contribution in [0.15, 0.2) is 58.5 Å². The van der Waals surface area contributed by atoms with E-state index in [0.29, 0.717) is 30.4 Å². The molecule has 0 saturated carbocycles. The van der Waals surface area contributed by atoms with Gasteiger partial charge in [-0.25, -0.2) is 0 Å². The SMILES string of the molecule is O=C(Cc1cccs1)N1CCCC(c2nnc(-c3nccc4ccccc34)o2)C1. The Bertz CT molecular complexity index is 1130. The Morgan fingerprint density at radius 2 is 2.10 bits per heavy atom. The molecule has 1 fully saturated rings. The minimum absolute atomic E-state index is 0.0623. The van der Waals surface area contributed by atoms with Gasteiger partial charge in [0.2, 0.25) is 11.8 Å². The molecule has 1 unspecified atom stereocenters. The Labute approximate surface area is 172 Å². The van der Waals surface area contributed by atoms with Crippen LogP contribution in [0.1, 0.15) is 29.5 Å². The van der Waals surface area contributed by atoms with Gasteiger partial charge in [-0.15, -0.1) is 21.5 Å². The predicted octanol–water partition coefficient (Wildman–Crippen LogP) is 4.30. The molecule has 1 saturated heterocycles. The van der Waals surface area contributed by atoms with Crippen molar-refractivity contribution in [1.29, 1.82) is 0 Å². The van der Waals surface area contributed by atoms with Gasteiger partial charge in [0.25, 0.3) is 5.89 Å². The van der Waals surface area contributed by atoms with E-state index in [9.17, 15) is 4.79 Å². The number of carbonyl (C=O) groups excluding carboxylic acids is 1. The molecule has 1 aliphatic heterocycles.